The van der Waals surface area contributed by atoms with Crippen LogP contribution in [0.5, 0.6) is 0 Å². The molecule has 0 atom stereocenters. The Morgan fingerprint density at radius 2 is 2.09 bits per heavy atom. The molecule has 0 radical (unpaired) electrons. The summed E-state index contributed by atoms with van der Waals surface area (Å²) in [6.07, 6.45) is 3.47. The number of aryl methyl sites for hydroxylation is 1. The third-order valence-electron chi connectivity index (χ3n) is 3.82. The molecule has 1 aliphatic rings. The molecule has 1 aromatic rings. The molecule has 0 N–H and O–H groups in total. The maximum absolute atomic E-state index is 12.1. The lowest BCUT2D eigenvalue weighted by Gasteiger charge is -2.33. The second-order valence-electron chi connectivity index (χ2n) is 6.90. The first kappa shape index (κ1) is 17.2. The SMILES string of the molecule is Cc1ncc(CC#N)c(C2CCN(C(=O)OC(C)(C)C)CC2)n1. The van der Waals surface area contributed by atoms with Gasteiger partial charge in [-0.2, -0.15) is 5.26 Å². The van der Waals surface area contributed by atoms with Gasteiger partial charge in [0.2, 0.25) is 0 Å². The molecule has 1 fully saturated rings. The number of amides is 1. The van der Waals surface area contributed by atoms with Crippen LogP contribution < -0.4 is 0 Å². The average molecular weight is 316 g/mol. The predicted octanol–water partition coefficient (Wildman–Crippen LogP) is 2.97. The zero-order chi connectivity index (χ0) is 17.0. The Kier molecular flexibility index (Phi) is 5.19. The van der Waals surface area contributed by atoms with Gasteiger partial charge in [0.15, 0.2) is 0 Å². The van der Waals surface area contributed by atoms with E-state index in [1.807, 2.05) is 27.7 Å². The molecule has 2 rings (SSSR count). The fourth-order valence-electron chi connectivity index (χ4n) is 2.75. The van der Waals surface area contributed by atoms with Gasteiger partial charge in [-0.05, 0) is 40.5 Å². The van der Waals surface area contributed by atoms with E-state index in [9.17, 15) is 4.79 Å². The number of piperidine rings is 1. The molecule has 2 heterocycles. The van der Waals surface area contributed by atoms with Crippen LogP contribution >= 0.6 is 0 Å². The summed E-state index contributed by atoms with van der Waals surface area (Å²) in [5.74, 6) is 0.981. The summed E-state index contributed by atoms with van der Waals surface area (Å²) in [6, 6.07) is 2.17. The minimum atomic E-state index is -0.475. The number of likely N-dealkylation sites (tertiary alicyclic amines) is 1. The molecular formula is C17H24N4O2. The highest BCUT2D eigenvalue weighted by atomic mass is 16.6. The van der Waals surface area contributed by atoms with Crippen LogP contribution in [0.3, 0.4) is 0 Å². The molecular weight excluding hydrogens is 292 g/mol. The summed E-state index contributed by atoms with van der Waals surface area (Å²) < 4.78 is 5.42. The second-order valence-corrected chi connectivity index (χ2v) is 6.90. The van der Waals surface area contributed by atoms with Gasteiger partial charge >= 0.3 is 6.09 Å². The van der Waals surface area contributed by atoms with Gasteiger partial charge in [0.1, 0.15) is 11.4 Å². The quantitative estimate of drug-likeness (QED) is 0.838. The Balaban J connectivity index is 2.04. The van der Waals surface area contributed by atoms with E-state index >= 15 is 0 Å². The third-order valence-corrected chi connectivity index (χ3v) is 3.82. The molecule has 0 bridgehead atoms. The Bertz CT molecular complexity index is 608. The van der Waals surface area contributed by atoms with Crippen molar-refractivity contribution in [2.75, 3.05) is 13.1 Å². The Morgan fingerprint density at radius 3 is 2.65 bits per heavy atom. The summed E-state index contributed by atoms with van der Waals surface area (Å²) >= 11 is 0. The van der Waals surface area contributed by atoms with Crippen LogP contribution in [0.1, 0.15) is 56.6 Å². The van der Waals surface area contributed by atoms with Crippen molar-refractivity contribution in [1.29, 1.82) is 5.26 Å². The summed E-state index contributed by atoms with van der Waals surface area (Å²) in [5, 5.41) is 8.96. The van der Waals surface area contributed by atoms with E-state index in [0.29, 0.717) is 19.5 Å². The number of nitriles is 1. The zero-order valence-corrected chi connectivity index (χ0v) is 14.3. The molecule has 1 aromatic heterocycles. The first-order valence-corrected chi connectivity index (χ1v) is 7.97. The number of nitrogens with zero attached hydrogens (tertiary/aromatic N) is 4. The largest absolute Gasteiger partial charge is 0.444 e. The Morgan fingerprint density at radius 1 is 1.43 bits per heavy atom. The van der Waals surface area contributed by atoms with Gasteiger partial charge in [0.05, 0.1) is 18.2 Å². The van der Waals surface area contributed by atoms with Crippen LogP contribution in [0.25, 0.3) is 0 Å². The molecule has 0 spiro atoms. The van der Waals surface area contributed by atoms with Crippen molar-refractivity contribution in [3.8, 4) is 6.07 Å². The van der Waals surface area contributed by atoms with E-state index in [4.69, 9.17) is 10.00 Å². The molecule has 0 saturated carbocycles. The average Bonchev–Trinajstić information content (AvgIpc) is 2.48. The van der Waals surface area contributed by atoms with Crippen molar-refractivity contribution in [3.05, 3.63) is 23.3 Å². The molecule has 0 aromatic carbocycles. The predicted molar refractivity (Wildman–Crippen MR) is 85.9 cm³/mol. The lowest BCUT2D eigenvalue weighted by molar-refractivity contribution is 0.0204. The smallest absolute Gasteiger partial charge is 0.410 e. The van der Waals surface area contributed by atoms with Crippen molar-refractivity contribution in [3.63, 3.8) is 0 Å². The van der Waals surface area contributed by atoms with Crippen LogP contribution in [0.15, 0.2) is 6.20 Å². The maximum Gasteiger partial charge on any atom is 0.410 e. The minimum absolute atomic E-state index is 0.257. The normalized spacial score (nSPS) is 16.0. The van der Waals surface area contributed by atoms with Gasteiger partial charge in [-0.25, -0.2) is 14.8 Å². The molecule has 124 valence electrons. The monoisotopic (exact) mass is 316 g/mol. The number of ether oxygens (including phenoxy) is 1. The summed E-state index contributed by atoms with van der Waals surface area (Å²) in [4.78, 5) is 22.6. The van der Waals surface area contributed by atoms with Crippen molar-refractivity contribution in [2.24, 2.45) is 0 Å². The molecule has 1 aliphatic heterocycles. The van der Waals surface area contributed by atoms with Gasteiger partial charge in [-0.3, -0.25) is 0 Å². The lowest BCUT2D eigenvalue weighted by atomic mass is 9.90. The lowest BCUT2D eigenvalue weighted by Crippen LogP contribution is -2.41. The topological polar surface area (TPSA) is 79.1 Å². The first-order chi connectivity index (χ1) is 10.8. The number of carbonyl (C=O) groups excluding carboxylic acids is 1. The van der Waals surface area contributed by atoms with Gasteiger partial charge in [0, 0.05) is 30.8 Å². The van der Waals surface area contributed by atoms with Gasteiger partial charge in [-0.15, -0.1) is 0 Å². The number of carbonyl (C=O) groups is 1. The second kappa shape index (κ2) is 6.95. The molecule has 1 saturated heterocycles. The van der Waals surface area contributed by atoms with Crippen molar-refractivity contribution < 1.29 is 9.53 Å². The van der Waals surface area contributed by atoms with Crippen LogP contribution in [0.2, 0.25) is 0 Å². The molecule has 6 nitrogen and oxygen atoms in total. The highest BCUT2D eigenvalue weighted by molar-refractivity contribution is 5.68. The molecule has 6 heteroatoms. The maximum atomic E-state index is 12.1. The minimum Gasteiger partial charge on any atom is -0.444 e. The summed E-state index contributed by atoms with van der Waals surface area (Å²) in [5.41, 5.74) is 1.38. The van der Waals surface area contributed by atoms with E-state index in [1.54, 1.807) is 11.1 Å². The Hall–Kier alpha value is -2.16. The van der Waals surface area contributed by atoms with Crippen LogP contribution in [0.4, 0.5) is 4.79 Å². The fourth-order valence-corrected chi connectivity index (χ4v) is 2.75. The van der Waals surface area contributed by atoms with Gasteiger partial charge in [-0.1, -0.05) is 0 Å². The highest BCUT2D eigenvalue weighted by Gasteiger charge is 2.29. The highest BCUT2D eigenvalue weighted by Crippen LogP contribution is 2.29. The van der Waals surface area contributed by atoms with Crippen LogP contribution in [-0.4, -0.2) is 39.7 Å². The van der Waals surface area contributed by atoms with E-state index in [0.717, 1.165) is 29.9 Å². The van der Waals surface area contributed by atoms with Crippen LogP contribution in [-0.2, 0) is 11.2 Å². The molecule has 0 unspecified atom stereocenters. The van der Waals surface area contributed by atoms with Crippen molar-refractivity contribution in [2.45, 2.75) is 58.5 Å². The molecule has 1 amide bonds. The molecule has 0 aliphatic carbocycles. The van der Waals surface area contributed by atoms with E-state index in [2.05, 4.69) is 16.0 Å². The number of rotatable bonds is 2. The van der Waals surface area contributed by atoms with Gasteiger partial charge in [0.25, 0.3) is 0 Å². The summed E-state index contributed by atoms with van der Waals surface area (Å²) in [6.45, 7) is 8.76. The van der Waals surface area contributed by atoms with Crippen molar-refractivity contribution >= 4 is 6.09 Å². The van der Waals surface area contributed by atoms with Gasteiger partial charge < -0.3 is 9.64 Å². The fraction of sp³-hybridized carbons (Fsp3) is 0.647. The van der Waals surface area contributed by atoms with E-state index in [-0.39, 0.29) is 12.0 Å². The standard InChI is InChI=1S/C17H24N4O2/c1-12-19-11-14(5-8-18)15(20-12)13-6-9-21(10-7-13)16(22)23-17(2,3)4/h11,13H,5-7,9-10H2,1-4H3. The number of hydrogen-bond donors (Lipinski definition) is 0. The number of aromatic nitrogens is 2. The van der Waals surface area contributed by atoms with E-state index in [1.165, 1.54) is 0 Å². The third kappa shape index (κ3) is 4.65. The molecule has 23 heavy (non-hydrogen) atoms. The summed E-state index contributed by atoms with van der Waals surface area (Å²) in [7, 11) is 0. The number of hydrogen-bond acceptors (Lipinski definition) is 5. The Labute approximate surface area is 137 Å². The first-order valence-electron chi connectivity index (χ1n) is 7.97. The van der Waals surface area contributed by atoms with Crippen molar-refractivity contribution in [1.82, 2.24) is 14.9 Å². The van der Waals surface area contributed by atoms with E-state index < -0.39 is 5.60 Å². The van der Waals surface area contributed by atoms with Crippen LogP contribution in [0, 0.1) is 18.3 Å². The zero-order valence-electron chi connectivity index (χ0n) is 14.3.